The molecule has 5 N–H and O–H groups in total. The predicted octanol–water partition coefficient (Wildman–Crippen LogP) is 1.66. The number of carbonyl (C=O) groups is 8. The zero-order valence-corrected chi connectivity index (χ0v) is 33.6. The third kappa shape index (κ3) is 13.5. The lowest BCUT2D eigenvalue weighted by Crippen LogP contribution is -2.60. The van der Waals surface area contributed by atoms with E-state index < -0.39 is 126 Å². The van der Waals surface area contributed by atoms with Gasteiger partial charge in [0.1, 0.15) is 42.5 Å². The molecule has 0 radical (unpaired) electrons. The molecule has 3 rings (SSSR count). The third-order valence-electron chi connectivity index (χ3n) is 8.88. The van der Waals surface area contributed by atoms with Crippen LogP contribution < -0.4 is 31.3 Å². The number of amides is 5. The van der Waals surface area contributed by atoms with Gasteiger partial charge in [0.25, 0.3) is 5.91 Å². The first-order valence-electron chi connectivity index (χ1n) is 18.5. The highest BCUT2D eigenvalue weighted by molar-refractivity contribution is 6.00. The molecule has 0 bridgehead atoms. The monoisotopic (exact) mass is 826 g/mol. The standard InChI is InChI=1S/C40H48F2N6O11/c1-20(2)33(39(55)43-22(5)36(52)45-28(17-31(50)57-6)30(49)19-59-35-24(41)12-10-13-25(35)42)48-38(54)29(18-32(51)58-7)46-40(56)34(21(3)4)47-37(53)27-16-15-23-11-8-9-14-26(23)44-27/h8-16,20-22,28-29,33-34H,17-19H2,1-7H3,(H,43,55)(H,45,52)(H,46,56)(H,47,53)(H,48,54). The first-order chi connectivity index (χ1) is 27.9. The number of carbonyl (C=O) groups excluding carboxylic acids is 8. The fourth-order valence-electron chi connectivity index (χ4n) is 5.48. The number of para-hydroxylation sites is 2. The Morgan fingerprint density at radius 2 is 1.15 bits per heavy atom. The summed E-state index contributed by atoms with van der Waals surface area (Å²) >= 11 is 0. The van der Waals surface area contributed by atoms with Gasteiger partial charge in [-0.2, -0.15) is 0 Å². The van der Waals surface area contributed by atoms with E-state index in [2.05, 4.69) is 36.3 Å². The van der Waals surface area contributed by atoms with Gasteiger partial charge in [-0.1, -0.05) is 58.0 Å². The third-order valence-corrected chi connectivity index (χ3v) is 8.88. The summed E-state index contributed by atoms with van der Waals surface area (Å²) in [6.45, 7) is 6.73. The van der Waals surface area contributed by atoms with Crippen molar-refractivity contribution in [2.45, 2.75) is 77.7 Å². The second-order valence-corrected chi connectivity index (χ2v) is 14.0. The summed E-state index contributed by atoms with van der Waals surface area (Å²) in [5.41, 5.74) is 0.593. The van der Waals surface area contributed by atoms with E-state index in [9.17, 15) is 47.1 Å². The van der Waals surface area contributed by atoms with E-state index >= 15 is 0 Å². The largest absolute Gasteiger partial charge is 0.480 e. The first kappa shape index (κ1) is 46.8. The number of esters is 2. The average Bonchev–Trinajstić information content (AvgIpc) is 3.19. The van der Waals surface area contributed by atoms with Crippen LogP contribution in [0.3, 0.4) is 0 Å². The lowest BCUT2D eigenvalue weighted by Gasteiger charge is -2.28. The Balaban J connectivity index is 1.71. The second-order valence-electron chi connectivity index (χ2n) is 14.0. The van der Waals surface area contributed by atoms with Gasteiger partial charge in [-0.25, -0.2) is 13.8 Å². The zero-order chi connectivity index (χ0) is 44.0. The number of benzene rings is 2. The van der Waals surface area contributed by atoms with Gasteiger partial charge in [0, 0.05) is 5.39 Å². The van der Waals surface area contributed by atoms with Crippen LogP contribution in [-0.2, 0) is 43.0 Å². The zero-order valence-electron chi connectivity index (χ0n) is 33.6. The molecule has 0 aliphatic heterocycles. The highest BCUT2D eigenvalue weighted by atomic mass is 19.1. The van der Waals surface area contributed by atoms with E-state index in [0.29, 0.717) is 5.52 Å². The van der Waals surface area contributed by atoms with Crippen molar-refractivity contribution in [3.8, 4) is 5.75 Å². The summed E-state index contributed by atoms with van der Waals surface area (Å²) < 4.78 is 42.4. The van der Waals surface area contributed by atoms with Crippen molar-refractivity contribution in [2.24, 2.45) is 11.8 Å². The van der Waals surface area contributed by atoms with Gasteiger partial charge < -0.3 is 40.8 Å². The number of ether oxygens (including phenoxy) is 3. The van der Waals surface area contributed by atoms with E-state index in [0.717, 1.165) is 37.8 Å². The number of pyridine rings is 1. The molecule has 0 spiro atoms. The predicted molar refractivity (Wildman–Crippen MR) is 206 cm³/mol. The quantitative estimate of drug-likeness (QED) is 0.102. The fraction of sp³-hybridized carbons (Fsp3) is 0.425. The van der Waals surface area contributed by atoms with Crippen LogP contribution in [0.4, 0.5) is 8.78 Å². The van der Waals surface area contributed by atoms with Gasteiger partial charge in [-0.05, 0) is 43.0 Å². The number of halogens is 2. The minimum Gasteiger partial charge on any atom is -0.480 e. The molecular weight excluding hydrogens is 778 g/mol. The van der Waals surface area contributed by atoms with Gasteiger partial charge in [0.15, 0.2) is 23.2 Å². The van der Waals surface area contributed by atoms with Crippen molar-refractivity contribution in [1.29, 1.82) is 0 Å². The maximum Gasteiger partial charge on any atom is 0.308 e. The molecule has 17 nitrogen and oxygen atoms in total. The Hall–Kier alpha value is -6.53. The second kappa shape index (κ2) is 21.8. The fourth-order valence-corrected chi connectivity index (χ4v) is 5.48. The Labute approximate surface area is 338 Å². The van der Waals surface area contributed by atoms with Crippen LogP contribution in [0.25, 0.3) is 10.9 Å². The number of hydrogen-bond donors (Lipinski definition) is 5. The minimum absolute atomic E-state index is 0.0377. The van der Waals surface area contributed by atoms with E-state index in [1.165, 1.54) is 13.0 Å². The number of nitrogens with zero attached hydrogens (tertiary/aromatic N) is 1. The van der Waals surface area contributed by atoms with Gasteiger partial charge >= 0.3 is 11.9 Å². The van der Waals surface area contributed by atoms with Crippen LogP contribution in [0.2, 0.25) is 0 Å². The Kier molecular flexibility index (Phi) is 17.3. The van der Waals surface area contributed by atoms with Gasteiger partial charge in [0.2, 0.25) is 23.6 Å². The van der Waals surface area contributed by atoms with Gasteiger partial charge in [-0.15, -0.1) is 0 Å². The highest BCUT2D eigenvalue weighted by Crippen LogP contribution is 2.21. The maximum absolute atomic E-state index is 14.0. The van der Waals surface area contributed by atoms with Crippen LogP contribution in [0.1, 0.15) is 57.9 Å². The highest BCUT2D eigenvalue weighted by Gasteiger charge is 2.35. The Bertz CT molecular complexity index is 2030. The molecule has 5 atom stereocenters. The van der Waals surface area contributed by atoms with E-state index in [4.69, 9.17) is 9.47 Å². The molecule has 5 amide bonds. The van der Waals surface area contributed by atoms with Crippen molar-refractivity contribution in [1.82, 2.24) is 31.6 Å². The topological polar surface area (TPSA) is 237 Å². The lowest BCUT2D eigenvalue weighted by atomic mass is 10.0. The summed E-state index contributed by atoms with van der Waals surface area (Å²) in [7, 11) is 2.11. The molecule has 0 fully saturated rings. The van der Waals surface area contributed by atoms with Crippen LogP contribution >= 0.6 is 0 Å². The number of aromatic nitrogens is 1. The number of nitrogens with one attached hydrogen (secondary N) is 5. The van der Waals surface area contributed by atoms with Crippen LogP contribution in [0.5, 0.6) is 5.75 Å². The molecule has 0 saturated heterocycles. The summed E-state index contributed by atoms with van der Waals surface area (Å²) in [4.78, 5) is 109. The van der Waals surface area contributed by atoms with Crippen molar-refractivity contribution in [3.05, 3.63) is 71.9 Å². The minimum atomic E-state index is -1.60. The molecule has 59 heavy (non-hydrogen) atoms. The summed E-state index contributed by atoms with van der Waals surface area (Å²) in [6, 6.07) is 6.07. The maximum atomic E-state index is 14.0. The first-order valence-corrected chi connectivity index (χ1v) is 18.5. The summed E-state index contributed by atoms with van der Waals surface area (Å²) in [5.74, 6) is -11.2. The molecule has 19 heteroatoms. The van der Waals surface area contributed by atoms with Crippen molar-refractivity contribution < 1.29 is 61.3 Å². The molecule has 3 aromatic rings. The molecular formula is C40H48F2N6O11. The van der Waals surface area contributed by atoms with Crippen LogP contribution in [-0.4, -0.2) is 103 Å². The SMILES string of the molecule is COC(=O)CC(NC(=O)C(C)NC(=O)C(NC(=O)C(CC(=O)OC)NC(=O)C(NC(=O)c1ccc2ccccc2n1)C(C)C)C(C)C)C(=O)COc1c(F)cccc1F. The molecule has 318 valence electrons. The van der Waals surface area contributed by atoms with E-state index in [1.54, 1.807) is 45.9 Å². The smallest absolute Gasteiger partial charge is 0.308 e. The van der Waals surface area contributed by atoms with E-state index in [-0.39, 0.29) is 5.69 Å². The van der Waals surface area contributed by atoms with Crippen molar-refractivity contribution >= 4 is 58.2 Å². The Morgan fingerprint density at radius 1 is 0.610 bits per heavy atom. The summed E-state index contributed by atoms with van der Waals surface area (Å²) in [5, 5.41) is 13.1. The summed E-state index contributed by atoms with van der Waals surface area (Å²) in [6.07, 6.45) is -1.35. The molecule has 0 aliphatic rings. The number of Topliss-reactive ketones (excluding diaryl/α,β-unsaturated/α-hetero) is 1. The normalized spacial score (nSPS) is 13.5. The Morgan fingerprint density at radius 3 is 1.75 bits per heavy atom. The number of ketones is 1. The van der Waals surface area contributed by atoms with Crippen molar-refractivity contribution in [2.75, 3.05) is 20.8 Å². The van der Waals surface area contributed by atoms with Crippen molar-refractivity contribution in [3.63, 3.8) is 0 Å². The average molecular weight is 827 g/mol. The number of rotatable bonds is 20. The molecule has 1 heterocycles. The van der Waals surface area contributed by atoms with Gasteiger partial charge in [0.05, 0.1) is 32.6 Å². The van der Waals surface area contributed by atoms with Crippen LogP contribution in [0.15, 0.2) is 54.6 Å². The number of hydrogen-bond acceptors (Lipinski definition) is 12. The molecule has 0 saturated carbocycles. The van der Waals surface area contributed by atoms with E-state index in [1.807, 2.05) is 12.1 Å². The lowest BCUT2D eigenvalue weighted by molar-refractivity contribution is -0.144. The molecule has 1 aromatic heterocycles. The molecule has 0 aliphatic carbocycles. The number of methoxy groups -OCH3 is 2. The molecule has 5 unspecified atom stereocenters. The number of fused-ring (bicyclic) bond motifs is 1. The van der Waals surface area contributed by atoms with Crippen LogP contribution in [0, 0.1) is 23.5 Å². The molecule has 2 aromatic carbocycles. The van der Waals surface area contributed by atoms with Gasteiger partial charge in [-0.3, -0.25) is 38.4 Å².